The first-order valence-electron chi connectivity index (χ1n) is 31.2. The lowest BCUT2D eigenvalue weighted by Gasteiger charge is -2.22. The number of allylic oxidation sites excluding steroid dienone is 6. The van der Waals surface area contributed by atoms with E-state index in [0.717, 1.165) is 51.4 Å². The molecule has 0 spiro atoms. The predicted octanol–water partition coefficient (Wildman–Crippen LogP) is 19.6. The number of amides is 1. The van der Waals surface area contributed by atoms with Crippen molar-refractivity contribution in [2.75, 3.05) is 13.2 Å². The van der Waals surface area contributed by atoms with E-state index in [1.165, 1.54) is 250 Å². The number of aliphatic hydroxyl groups excluding tert-OH is 2. The van der Waals surface area contributed by atoms with Crippen molar-refractivity contribution in [3.63, 3.8) is 0 Å². The van der Waals surface area contributed by atoms with E-state index in [1.54, 1.807) is 0 Å². The predicted molar refractivity (Wildman–Crippen MR) is 306 cm³/mol. The molecule has 412 valence electrons. The molecule has 0 aliphatic rings. The second-order valence-corrected chi connectivity index (χ2v) is 21.4. The number of hydrogen-bond donors (Lipinski definition) is 3. The molecule has 6 heteroatoms. The highest BCUT2D eigenvalue weighted by molar-refractivity contribution is 5.76. The van der Waals surface area contributed by atoms with Gasteiger partial charge in [0.1, 0.15) is 0 Å². The van der Waals surface area contributed by atoms with Crippen LogP contribution in [0.4, 0.5) is 0 Å². The van der Waals surface area contributed by atoms with Gasteiger partial charge in [-0.3, -0.25) is 9.59 Å². The molecule has 2 unspecified atom stereocenters. The van der Waals surface area contributed by atoms with Crippen LogP contribution in [0.1, 0.15) is 335 Å². The third kappa shape index (κ3) is 55.4. The van der Waals surface area contributed by atoms with Gasteiger partial charge >= 0.3 is 5.97 Å². The maximum absolute atomic E-state index is 12.5. The smallest absolute Gasteiger partial charge is 0.305 e. The summed E-state index contributed by atoms with van der Waals surface area (Å²) >= 11 is 0. The fourth-order valence-electron chi connectivity index (χ4n) is 9.61. The van der Waals surface area contributed by atoms with Crippen LogP contribution in [0.25, 0.3) is 0 Å². The number of carbonyl (C=O) groups excluding carboxylic acids is 2. The van der Waals surface area contributed by atoms with Gasteiger partial charge < -0.3 is 20.3 Å². The van der Waals surface area contributed by atoms with Crippen LogP contribution in [-0.4, -0.2) is 47.4 Å². The average molecular weight is 985 g/mol. The summed E-state index contributed by atoms with van der Waals surface area (Å²) in [4.78, 5) is 24.5. The van der Waals surface area contributed by atoms with E-state index in [2.05, 4.69) is 55.6 Å². The zero-order valence-electron chi connectivity index (χ0n) is 47.0. The molecule has 70 heavy (non-hydrogen) atoms. The zero-order chi connectivity index (χ0) is 50.7. The van der Waals surface area contributed by atoms with Crippen molar-refractivity contribution in [1.29, 1.82) is 0 Å². The highest BCUT2D eigenvalue weighted by Crippen LogP contribution is 2.17. The molecule has 0 fully saturated rings. The largest absolute Gasteiger partial charge is 0.466 e. The average Bonchev–Trinajstić information content (AvgIpc) is 3.36. The minimum absolute atomic E-state index is 0.00528. The highest BCUT2D eigenvalue weighted by Gasteiger charge is 2.20. The Labute approximate surface area is 436 Å². The lowest BCUT2D eigenvalue weighted by Crippen LogP contribution is -2.45. The number of hydrogen-bond acceptors (Lipinski definition) is 5. The summed E-state index contributed by atoms with van der Waals surface area (Å²) in [6, 6.07) is -0.547. The quantitative estimate of drug-likeness (QED) is 0.0321. The summed E-state index contributed by atoms with van der Waals surface area (Å²) in [6.45, 7) is 4.90. The van der Waals surface area contributed by atoms with Gasteiger partial charge in [-0.15, -0.1) is 0 Å². The van der Waals surface area contributed by atoms with Gasteiger partial charge in [0.15, 0.2) is 0 Å². The number of esters is 1. The maximum Gasteiger partial charge on any atom is 0.305 e. The lowest BCUT2D eigenvalue weighted by atomic mass is 10.0. The maximum atomic E-state index is 12.5. The fraction of sp³-hybridized carbons (Fsp3) is 0.875. The van der Waals surface area contributed by atoms with E-state index >= 15 is 0 Å². The number of unbranched alkanes of at least 4 members (excludes halogenated alkanes) is 41. The lowest BCUT2D eigenvalue weighted by molar-refractivity contribution is -0.143. The van der Waals surface area contributed by atoms with Crippen molar-refractivity contribution in [2.24, 2.45) is 0 Å². The molecule has 0 saturated heterocycles. The summed E-state index contributed by atoms with van der Waals surface area (Å²) in [5.74, 6) is -0.0452. The number of carbonyl (C=O) groups is 2. The van der Waals surface area contributed by atoms with Gasteiger partial charge in [-0.1, -0.05) is 281 Å². The SMILES string of the molecule is CCC/C=C\C/C=C\CCCCCCCC(=O)OCCCCCCCCCCCCC/C=C\CCCCCCCCCC(=O)NC(CO)C(O)CCCCCCCCCCCCCCCCCCCC. The van der Waals surface area contributed by atoms with Crippen molar-refractivity contribution < 1.29 is 24.5 Å². The van der Waals surface area contributed by atoms with Gasteiger partial charge in [-0.2, -0.15) is 0 Å². The molecule has 1 amide bonds. The molecule has 0 heterocycles. The van der Waals surface area contributed by atoms with Crippen LogP contribution in [0.2, 0.25) is 0 Å². The molecule has 0 aromatic heterocycles. The number of aliphatic hydroxyl groups is 2. The normalized spacial score (nSPS) is 12.8. The highest BCUT2D eigenvalue weighted by atomic mass is 16.5. The van der Waals surface area contributed by atoms with Crippen molar-refractivity contribution in [2.45, 2.75) is 347 Å². The Morgan fingerprint density at radius 1 is 0.400 bits per heavy atom. The molecule has 0 aromatic rings. The summed E-state index contributed by atoms with van der Waals surface area (Å²) in [5.41, 5.74) is 0. The van der Waals surface area contributed by atoms with Gasteiger partial charge in [0, 0.05) is 12.8 Å². The molecular formula is C64H121NO5. The molecule has 0 saturated carbocycles. The topological polar surface area (TPSA) is 95.9 Å². The first-order chi connectivity index (χ1) is 34.5. The van der Waals surface area contributed by atoms with E-state index in [4.69, 9.17) is 4.74 Å². The number of rotatable bonds is 58. The Hall–Kier alpha value is -1.92. The van der Waals surface area contributed by atoms with E-state index in [9.17, 15) is 19.8 Å². The van der Waals surface area contributed by atoms with E-state index in [0.29, 0.717) is 25.9 Å². The monoisotopic (exact) mass is 984 g/mol. The molecule has 0 radical (unpaired) electrons. The molecule has 0 rings (SSSR count). The van der Waals surface area contributed by atoms with Gasteiger partial charge in [0.05, 0.1) is 25.4 Å². The molecule has 2 atom stereocenters. The van der Waals surface area contributed by atoms with Crippen LogP contribution in [0.3, 0.4) is 0 Å². The summed E-state index contributed by atoms with van der Waals surface area (Å²) in [5, 5.41) is 23.3. The third-order valence-electron chi connectivity index (χ3n) is 14.4. The second kappa shape index (κ2) is 59.6. The molecule has 0 bridgehead atoms. The van der Waals surface area contributed by atoms with Crippen molar-refractivity contribution in [3.05, 3.63) is 36.5 Å². The second-order valence-electron chi connectivity index (χ2n) is 21.4. The molecule has 3 N–H and O–H groups in total. The van der Waals surface area contributed by atoms with Crippen LogP contribution in [0, 0.1) is 0 Å². The molecule has 0 aliphatic carbocycles. The Kier molecular flexibility index (Phi) is 58.0. The van der Waals surface area contributed by atoms with Crippen molar-refractivity contribution in [3.8, 4) is 0 Å². The van der Waals surface area contributed by atoms with Crippen molar-refractivity contribution >= 4 is 11.9 Å². The standard InChI is InChI=1S/C64H121NO5/c1-3-5-7-9-11-13-15-17-18-19-26-29-33-36-40-44-48-52-56-62(67)61(60-66)65-63(68)57-53-49-45-41-37-34-30-27-24-22-20-21-23-25-28-31-35-39-43-47-51-55-59-70-64(69)58-54-50-46-42-38-32-16-14-12-10-8-6-4-2/h8,10,14,16,22,24,61-62,66-67H,3-7,9,11-13,15,17-21,23,25-60H2,1-2H3,(H,65,68)/b10-8-,16-14-,24-22-. The minimum atomic E-state index is -0.669. The Balaban J connectivity index is 3.43. The van der Waals surface area contributed by atoms with Crippen LogP contribution in [-0.2, 0) is 14.3 Å². The van der Waals surface area contributed by atoms with Gasteiger partial charge in [-0.25, -0.2) is 0 Å². The van der Waals surface area contributed by atoms with Crippen LogP contribution in [0.15, 0.2) is 36.5 Å². The van der Waals surface area contributed by atoms with Gasteiger partial charge in [0.2, 0.25) is 5.91 Å². The first kappa shape index (κ1) is 68.1. The third-order valence-corrected chi connectivity index (χ3v) is 14.4. The Bertz CT molecular complexity index is 1130. The first-order valence-corrected chi connectivity index (χ1v) is 31.2. The summed E-state index contributed by atoms with van der Waals surface area (Å²) < 4.78 is 5.46. The molecular weight excluding hydrogens is 863 g/mol. The fourth-order valence-corrected chi connectivity index (χ4v) is 9.61. The zero-order valence-corrected chi connectivity index (χ0v) is 47.0. The number of ether oxygens (including phenoxy) is 1. The van der Waals surface area contributed by atoms with Gasteiger partial charge in [-0.05, 0) is 77.0 Å². The molecule has 0 aromatic carbocycles. The van der Waals surface area contributed by atoms with E-state index < -0.39 is 12.1 Å². The Morgan fingerprint density at radius 2 is 0.743 bits per heavy atom. The van der Waals surface area contributed by atoms with E-state index in [1.807, 2.05) is 0 Å². The van der Waals surface area contributed by atoms with Crippen LogP contribution >= 0.6 is 0 Å². The molecule has 6 nitrogen and oxygen atoms in total. The van der Waals surface area contributed by atoms with Crippen LogP contribution < -0.4 is 5.32 Å². The van der Waals surface area contributed by atoms with Crippen molar-refractivity contribution in [1.82, 2.24) is 5.32 Å². The number of nitrogens with one attached hydrogen (secondary N) is 1. The van der Waals surface area contributed by atoms with Gasteiger partial charge in [0.25, 0.3) is 0 Å². The summed E-state index contributed by atoms with van der Waals surface area (Å²) in [6.07, 6.45) is 74.4. The Morgan fingerprint density at radius 3 is 1.16 bits per heavy atom. The minimum Gasteiger partial charge on any atom is -0.466 e. The molecule has 0 aliphatic heterocycles. The van der Waals surface area contributed by atoms with Crippen LogP contribution in [0.5, 0.6) is 0 Å². The van der Waals surface area contributed by atoms with E-state index in [-0.39, 0.29) is 18.5 Å². The summed E-state index contributed by atoms with van der Waals surface area (Å²) in [7, 11) is 0.